The van der Waals surface area contributed by atoms with Crippen LogP contribution in [0.1, 0.15) is 26.2 Å². The quantitative estimate of drug-likeness (QED) is 0.705. The molecule has 1 unspecified atom stereocenters. The Bertz CT molecular complexity index is 169. The van der Waals surface area contributed by atoms with Gasteiger partial charge in [0.2, 0.25) is 5.91 Å². The monoisotopic (exact) mass is 204 g/mol. The number of rotatable bonds is 3. The van der Waals surface area contributed by atoms with Crippen LogP contribution in [0.2, 0.25) is 0 Å². The highest BCUT2D eigenvalue weighted by Crippen LogP contribution is 2.07. The van der Waals surface area contributed by atoms with Gasteiger partial charge in [0.05, 0.1) is 0 Å². The van der Waals surface area contributed by atoms with Gasteiger partial charge < -0.3 is 0 Å². The third kappa shape index (κ3) is 3.53. The van der Waals surface area contributed by atoms with Gasteiger partial charge >= 0.3 is 0 Å². The summed E-state index contributed by atoms with van der Waals surface area (Å²) in [5.41, 5.74) is 2.88. The van der Waals surface area contributed by atoms with Crippen molar-refractivity contribution in [3.05, 3.63) is 0 Å². The van der Waals surface area contributed by atoms with Crippen molar-refractivity contribution in [1.29, 1.82) is 0 Å². The van der Waals surface area contributed by atoms with Crippen LogP contribution in [0.3, 0.4) is 0 Å². The lowest BCUT2D eigenvalue weighted by Gasteiger charge is -2.27. The zero-order valence-electron chi connectivity index (χ0n) is 8.05. The van der Waals surface area contributed by atoms with E-state index in [4.69, 9.17) is 11.6 Å². The number of carbonyl (C=O) groups is 1. The Labute approximate surface area is 84.4 Å². The molecule has 1 rings (SSSR count). The lowest BCUT2D eigenvalue weighted by molar-refractivity contribution is -0.129. The number of halogens is 1. The molecule has 1 N–H and O–H groups in total. The smallest absolute Gasteiger partial charge is 0.238 e. The summed E-state index contributed by atoms with van der Waals surface area (Å²) >= 11 is 5.59. The fourth-order valence-electron chi connectivity index (χ4n) is 1.34. The first kappa shape index (κ1) is 10.8. The molecule has 1 amide bonds. The average Bonchev–Trinajstić information content (AvgIpc) is 2.18. The van der Waals surface area contributed by atoms with Crippen LogP contribution in [-0.4, -0.2) is 29.9 Å². The fraction of sp³-hybridized carbons (Fsp3) is 0.889. The van der Waals surface area contributed by atoms with E-state index in [9.17, 15) is 4.79 Å². The number of alkyl halides is 1. The summed E-state index contributed by atoms with van der Waals surface area (Å²) < 4.78 is 0. The molecule has 4 heteroatoms. The van der Waals surface area contributed by atoms with Gasteiger partial charge in [-0.25, -0.2) is 5.01 Å². The highest BCUT2D eigenvalue weighted by atomic mass is 35.5. The minimum absolute atomic E-state index is 0.0388. The van der Waals surface area contributed by atoms with Crippen molar-refractivity contribution in [2.75, 3.05) is 19.0 Å². The molecule has 1 aliphatic rings. The Hall–Kier alpha value is -0.280. The van der Waals surface area contributed by atoms with Crippen LogP contribution in [0.4, 0.5) is 0 Å². The zero-order chi connectivity index (χ0) is 9.68. The first-order valence-corrected chi connectivity index (χ1v) is 5.39. The molecular weight excluding hydrogens is 188 g/mol. The van der Waals surface area contributed by atoms with Crippen molar-refractivity contribution in [2.45, 2.75) is 26.2 Å². The summed E-state index contributed by atoms with van der Waals surface area (Å²) in [7, 11) is 0. The number of carbonyl (C=O) groups excluding carboxylic acids is 1. The molecule has 13 heavy (non-hydrogen) atoms. The van der Waals surface area contributed by atoms with Gasteiger partial charge in [-0.3, -0.25) is 10.2 Å². The summed E-state index contributed by atoms with van der Waals surface area (Å²) in [6, 6.07) is 0. The van der Waals surface area contributed by atoms with Gasteiger partial charge in [-0.2, -0.15) is 0 Å². The van der Waals surface area contributed by atoms with E-state index in [-0.39, 0.29) is 11.8 Å². The molecule has 3 nitrogen and oxygen atoms in total. The molecule has 0 aromatic carbocycles. The van der Waals surface area contributed by atoms with Crippen molar-refractivity contribution >= 4 is 17.5 Å². The molecule has 1 fully saturated rings. The molecule has 0 bridgehead atoms. The topological polar surface area (TPSA) is 32.3 Å². The second kappa shape index (κ2) is 5.45. The maximum atomic E-state index is 11.4. The number of piperidine rings is 1. The molecule has 1 saturated heterocycles. The van der Waals surface area contributed by atoms with Crippen LogP contribution in [0.25, 0.3) is 0 Å². The first-order chi connectivity index (χ1) is 6.24. The van der Waals surface area contributed by atoms with Gasteiger partial charge in [0.25, 0.3) is 0 Å². The van der Waals surface area contributed by atoms with Crippen molar-refractivity contribution < 1.29 is 4.79 Å². The van der Waals surface area contributed by atoms with Crippen LogP contribution in [-0.2, 0) is 4.79 Å². The predicted octanol–water partition coefficient (Wildman–Crippen LogP) is 1.38. The average molecular weight is 205 g/mol. The largest absolute Gasteiger partial charge is 0.289 e. The third-order valence-electron chi connectivity index (χ3n) is 2.30. The summed E-state index contributed by atoms with van der Waals surface area (Å²) in [5, 5.41) is 1.99. The van der Waals surface area contributed by atoms with Crippen LogP contribution in [0.5, 0.6) is 0 Å². The summed E-state index contributed by atoms with van der Waals surface area (Å²) in [6.45, 7) is 3.79. The number of hydrazine groups is 1. The number of nitrogens with one attached hydrogen (secondary N) is 1. The van der Waals surface area contributed by atoms with E-state index in [0.717, 1.165) is 13.1 Å². The van der Waals surface area contributed by atoms with Crippen LogP contribution in [0.15, 0.2) is 0 Å². The van der Waals surface area contributed by atoms with Crippen molar-refractivity contribution in [2.24, 2.45) is 5.92 Å². The van der Waals surface area contributed by atoms with Gasteiger partial charge in [-0.1, -0.05) is 13.3 Å². The van der Waals surface area contributed by atoms with Gasteiger partial charge in [0.1, 0.15) is 0 Å². The molecule has 0 aromatic heterocycles. The third-order valence-corrected chi connectivity index (χ3v) is 2.77. The molecule has 0 saturated carbocycles. The molecule has 76 valence electrons. The van der Waals surface area contributed by atoms with Crippen molar-refractivity contribution in [1.82, 2.24) is 10.4 Å². The number of hydrogen-bond acceptors (Lipinski definition) is 2. The lowest BCUT2D eigenvalue weighted by Crippen LogP contribution is -2.47. The molecule has 0 aliphatic carbocycles. The molecule has 0 spiro atoms. The highest BCUT2D eigenvalue weighted by Gasteiger charge is 2.16. The van der Waals surface area contributed by atoms with Crippen molar-refractivity contribution in [3.63, 3.8) is 0 Å². The summed E-state index contributed by atoms with van der Waals surface area (Å²) in [6.07, 6.45) is 3.63. The van der Waals surface area contributed by atoms with Crippen molar-refractivity contribution in [3.8, 4) is 0 Å². The maximum absolute atomic E-state index is 11.4. The Morgan fingerprint density at radius 2 is 2.08 bits per heavy atom. The molecular formula is C9H17ClN2O. The number of amides is 1. The molecule has 0 radical (unpaired) electrons. The maximum Gasteiger partial charge on any atom is 0.238 e. The van der Waals surface area contributed by atoms with E-state index in [0.29, 0.717) is 5.88 Å². The number of hydrogen-bond donors (Lipinski definition) is 1. The van der Waals surface area contributed by atoms with Crippen LogP contribution >= 0.6 is 11.6 Å². The second-order valence-corrected chi connectivity index (χ2v) is 3.89. The normalized spacial score (nSPS) is 21.1. The Morgan fingerprint density at radius 3 is 2.62 bits per heavy atom. The Kier molecular flexibility index (Phi) is 4.53. The van der Waals surface area contributed by atoms with E-state index in [2.05, 4.69) is 5.43 Å². The summed E-state index contributed by atoms with van der Waals surface area (Å²) in [4.78, 5) is 11.4. The van der Waals surface area contributed by atoms with E-state index in [1.807, 2.05) is 11.9 Å². The van der Waals surface area contributed by atoms with Gasteiger partial charge in [-0.05, 0) is 12.8 Å². The van der Waals surface area contributed by atoms with E-state index in [1.165, 1.54) is 19.3 Å². The minimum atomic E-state index is -0.0939. The predicted molar refractivity (Wildman–Crippen MR) is 53.5 cm³/mol. The molecule has 1 aliphatic heterocycles. The Morgan fingerprint density at radius 1 is 1.46 bits per heavy atom. The second-order valence-electron chi connectivity index (χ2n) is 3.58. The first-order valence-electron chi connectivity index (χ1n) is 4.85. The molecule has 1 atom stereocenters. The molecule has 0 aromatic rings. The Balaban J connectivity index is 2.26. The zero-order valence-corrected chi connectivity index (χ0v) is 8.81. The van der Waals surface area contributed by atoms with E-state index in [1.54, 1.807) is 0 Å². The van der Waals surface area contributed by atoms with Crippen LogP contribution in [0, 0.1) is 5.92 Å². The molecule has 1 heterocycles. The highest BCUT2D eigenvalue weighted by molar-refractivity contribution is 6.19. The van der Waals surface area contributed by atoms with E-state index >= 15 is 0 Å². The van der Waals surface area contributed by atoms with E-state index < -0.39 is 0 Å². The van der Waals surface area contributed by atoms with Gasteiger partial charge in [-0.15, -0.1) is 11.6 Å². The lowest BCUT2D eigenvalue weighted by atomic mass is 10.1. The standard InChI is InChI=1S/C9H17ClN2O/c1-8(7-10)9(13)11-12-5-3-2-4-6-12/h8H,2-7H2,1H3,(H,11,13). The van der Waals surface area contributed by atoms with Gasteiger partial charge in [0.15, 0.2) is 0 Å². The summed E-state index contributed by atoms with van der Waals surface area (Å²) in [5.74, 6) is 0.333. The minimum Gasteiger partial charge on any atom is -0.289 e. The fourth-order valence-corrected chi connectivity index (χ4v) is 1.48. The van der Waals surface area contributed by atoms with Gasteiger partial charge in [0, 0.05) is 24.9 Å². The number of nitrogens with zero attached hydrogens (tertiary/aromatic N) is 1. The van der Waals surface area contributed by atoms with Crippen LogP contribution < -0.4 is 5.43 Å². The SMILES string of the molecule is CC(CCl)C(=O)NN1CCCCC1.